The average molecular weight is 247 g/mol. The van der Waals surface area contributed by atoms with E-state index >= 15 is 0 Å². The van der Waals surface area contributed by atoms with Crippen LogP contribution in [0.3, 0.4) is 0 Å². The Hall–Kier alpha value is -1.54. The summed E-state index contributed by atoms with van der Waals surface area (Å²) >= 11 is 6.02. The average Bonchev–Trinajstić information content (AvgIpc) is 2.60. The maximum atomic E-state index is 6.02. The smallest absolute Gasteiger partial charge is 0.0652 e. The van der Waals surface area contributed by atoms with Gasteiger partial charge in [-0.2, -0.15) is 5.10 Å². The molecule has 17 heavy (non-hydrogen) atoms. The van der Waals surface area contributed by atoms with Gasteiger partial charge in [0, 0.05) is 16.3 Å². The molecule has 0 aliphatic carbocycles. The second-order valence-electron chi connectivity index (χ2n) is 4.24. The fraction of sp³-hybridized carbons (Fsp3) is 0.214. The van der Waals surface area contributed by atoms with Crippen molar-refractivity contribution in [2.45, 2.75) is 20.8 Å². The van der Waals surface area contributed by atoms with E-state index in [0.29, 0.717) is 5.02 Å². The summed E-state index contributed by atoms with van der Waals surface area (Å²) in [6.45, 7) is 10.2. The van der Waals surface area contributed by atoms with E-state index < -0.39 is 0 Å². The Bertz CT molecular complexity index is 582. The lowest BCUT2D eigenvalue weighted by Gasteiger charge is -2.11. The summed E-state index contributed by atoms with van der Waals surface area (Å²) in [4.78, 5) is 0. The quantitative estimate of drug-likeness (QED) is 0.784. The monoisotopic (exact) mass is 246 g/mol. The molecule has 0 atom stereocenters. The van der Waals surface area contributed by atoms with Crippen LogP contribution >= 0.6 is 11.6 Å². The van der Waals surface area contributed by atoms with Gasteiger partial charge in [-0.1, -0.05) is 24.2 Å². The maximum Gasteiger partial charge on any atom is 0.0652 e. The summed E-state index contributed by atoms with van der Waals surface area (Å²) in [7, 11) is 0. The molecular formula is C14H15ClN2. The molecular weight excluding hydrogens is 232 g/mol. The summed E-state index contributed by atoms with van der Waals surface area (Å²) in [6.07, 6.45) is 0. The number of aromatic nitrogens is 2. The Morgan fingerprint density at radius 1 is 1.24 bits per heavy atom. The zero-order valence-corrected chi connectivity index (χ0v) is 11.0. The lowest BCUT2D eigenvalue weighted by molar-refractivity contribution is 0.855. The molecule has 2 aromatic rings. The highest BCUT2D eigenvalue weighted by Crippen LogP contribution is 2.23. The number of nitrogens with zero attached hydrogens (tertiary/aromatic N) is 2. The number of halogens is 1. The van der Waals surface area contributed by atoms with Gasteiger partial charge in [-0.15, -0.1) is 0 Å². The van der Waals surface area contributed by atoms with E-state index in [2.05, 4.69) is 11.7 Å². The molecule has 3 heteroatoms. The van der Waals surface area contributed by atoms with E-state index in [9.17, 15) is 0 Å². The van der Waals surface area contributed by atoms with Crippen LogP contribution in [-0.2, 0) is 0 Å². The number of aryl methyl sites for hydroxylation is 3. The van der Waals surface area contributed by atoms with Crippen molar-refractivity contribution in [2.75, 3.05) is 0 Å². The second kappa shape index (κ2) is 4.38. The zero-order valence-electron chi connectivity index (χ0n) is 10.3. The number of benzene rings is 1. The van der Waals surface area contributed by atoms with Gasteiger partial charge < -0.3 is 0 Å². The molecule has 88 valence electrons. The lowest BCUT2D eigenvalue weighted by atomic mass is 10.1. The Labute approximate surface area is 107 Å². The van der Waals surface area contributed by atoms with Gasteiger partial charge in [-0.3, -0.25) is 0 Å². The first kappa shape index (κ1) is 11.9. The fourth-order valence-electron chi connectivity index (χ4n) is 1.92. The molecule has 0 amide bonds. The topological polar surface area (TPSA) is 17.8 Å². The minimum Gasteiger partial charge on any atom is -0.238 e. The van der Waals surface area contributed by atoms with Crippen LogP contribution in [0, 0.1) is 20.8 Å². The van der Waals surface area contributed by atoms with E-state index in [0.717, 1.165) is 28.2 Å². The molecule has 2 nitrogen and oxygen atoms in total. The number of rotatable bonds is 2. The van der Waals surface area contributed by atoms with Gasteiger partial charge in [0.1, 0.15) is 0 Å². The van der Waals surface area contributed by atoms with Crippen molar-refractivity contribution in [3.05, 3.63) is 58.4 Å². The van der Waals surface area contributed by atoms with E-state index in [1.54, 1.807) is 0 Å². The molecule has 2 rings (SSSR count). The predicted octanol–water partition coefficient (Wildman–Crippen LogP) is 3.98. The van der Waals surface area contributed by atoms with E-state index in [1.165, 1.54) is 0 Å². The maximum absolute atomic E-state index is 6.02. The largest absolute Gasteiger partial charge is 0.238 e. The van der Waals surface area contributed by atoms with Crippen LogP contribution < -0.4 is 0 Å². The molecule has 1 heterocycles. The van der Waals surface area contributed by atoms with Crippen molar-refractivity contribution >= 4 is 17.3 Å². The van der Waals surface area contributed by atoms with E-state index in [4.69, 9.17) is 11.6 Å². The van der Waals surface area contributed by atoms with E-state index in [-0.39, 0.29) is 0 Å². The van der Waals surface area contributed by atoms with Crippen LogP contribution in [0.25, 0.3) is 5.70 Å². The first-order chi connectivity index (χ1) is 7.99. The van der Waals surface area contributed by atoms with E-state index in [1.807, 2.05) is 49.7 Å². The highest BCUT2D eigenvalue weighted by Gasteiger charge is 2.09. The standard InChI is InChI=1S/C14H15ClN2/c1-9-5-6-13(15)8-14(9)12(4)17-11(3)7-10(2)16-17/h5-8H,4H2,1-3H3. The van der Waals surface area contributed by atoms with Gasteiger partial charge in [-0.25, -0.2) is 4.68 Å². The summed E-state index contributed by atoms with van der Waals surface area (Å²) < 4.78 is 1.86. The predicted molar refractivity (Wildman–Crippen MR) is 72.3 cm³/mol. The van der Waals surface area contributed by atoms with Crippen molar-refractivity contribution in [1.82, 2.24) is 9.78 Å². The van der Waals surface area contributed by atoms with Gasteiger partial charge in [-0.05, 0) is 44.5 Å². The minimum absolute atomic E-state index is 0.716. The molecule has 0 aliphatic heterocycles. The normalized spacial score (nSPS) is 10.6. The summed E-state index contributed by atoms with van der Waals surface area (Å²) in [5.41, 5.74) is 5.10. The van der Waals surface area contributed by atoms with Crippen molar-refractivity contribution in [3.63, 3.8) is 0 Å². The molecule has 1 aromatic heterocycles. The summed E-state index contributed by atoms with van der Waals surface area (Å²) in [6, 6.07) is 7.84. The van der Waals surface area contributed by atoms with Crippen molar-refractivity contribution in [3.8, 4) is 0 Å². The van der Waals surface area contributed by atoms with Crippen LogP contribution in [0.4, 0.5) is 0 Å². The van der Waals surface area contributed by atoms with Crippen LogP contribution in [-0.4, -0.2) is 9.78 Å². The van der Waals surface area contributed by atoms with Crippen LogP contribution in [0.2, 0.25) is 5.02 Å². The van der Waals surface area contributed by atoms with Gasteiger partial charge in [0.25, 0.3) is 0 Å². The molecule has 0 N–H and O–H groups in total. The third kappa shape index (κ3) is 2.27. The number of hydrogen-bond acceptors (Lipinski definition) is 1. The third-order valence-electron chi connectivity index (χ3n) is 2.78. The SMILES string of the molecule is C=C(c1cc(Cl)ccc1C)n1nc(C)cc1C. The Morgan fingerprint density at radius 3 is 2.53 bits per heavy atom. The van der Waals surface area contributed by atoms with Crippen LogP contribution in [0.5, 0.6) is 0 Å². The minimum atomic E-state index is 0.716. The molecule has 0 saturated carbocycles. The molecule has 1 aromatic carbocycles. The molecule has 0 saturated heterocycles. The molecule has 0 spiro atoms. The summed E-state index contributed by atoms with van der Waals surface area (Å²) in [5.74, 6) is 0. The van der Waals surface area contributed by atoms with Crippen LogP contribution in [0.15, 0.2) is 30.8 Å². The highest BCUT2D eigenvalue weighted by atomic mass is 35.5. The Kier molecular flexibility index (Phi) is 3.07. The first-order valence-electron chi connectivity index (χ1n) is 5.48. The molecule has 0 radical (unpaired) electrons. The number of hydrogen-bond donors (Lipinski definition) is 0. The van der Waals surface area contributed by atoms with Gasteiger partial charge >= 0.3 is 0 Å². The third-order valence-corrected chi connectivity index (χ3v) is 3.01. The summed E-state index contributed by atoms with van der Waals surface area (Å²) in [5, 5.41) is 5.15. The molecule has 0 unspecified atom stereocenters. The van der Waals surface area contributed by atoms with Gasteiger partial charge in [0.05, 0.1) is 11.4 Å². The highest BCUT2D eigenvalue weighted by molar-refractivity contribution is 6.30. The Balaban J connectivity index is 2.50. The fourth-order valence-corrected chi connectivity index (χ4v) is 2.09. The second-order valence-corrected chi connectivity index (χ2v) is 4.68. The molecule has 0 aliphatic rings. The van der Waals surface area contributed by atoms with Crippen LogP contribution in [0.1, 0.15) is 22.5 Å². The molecule has 0 fully saturated rings. The van der Waals surface area contributed by atoms with Gasteiger partial charge in [0.15, 0.2) is 0 Å². The Morgan fingerprint density at radius 2 is 1.94 bits per heavy atom. The lowest BCUT2D eigenvalue weighted by Crippen LogP contribution is -2.03. The first-order valence-corrected chi connectivity index (χ1v) is 5.86. The molecule has 0 bridgehead atoms. The zero-order chi connectivity index (χ0) is 12.6. The van der Waals surface area contributed by atoms with Crippen molar-refractivity contribution < 1.29 is 0 Å². The van der Waals surface area contributed by atoms with Crippen molar-refractivity contribution in [2.24, 2.45) is 0 Å². The van der Waals surface area contributed by atoms with Gasteiger partial charge in [0.2, 0.25) is 0 Å². The van der Waals surface area contributed by atoms with Crippen molar-refractivity contribution in [1.29, 1.82) is 0 Å².